The van der Waals surface area contributed by atoms with Gasteiger partial charge in [-0.15, -0.1) is 0 Å². The van der Waals surface area contributed by atoms with Crippen LogP contribution in [0.25, 0.3) is 0 Å². The molecule has 114 valence electrons. The summed E-state index contributed by atoms with van der Waals surface area (Å²) in [6, 6.07) is 0.399. The molecule has 2 aliphatic rings. The summed E-state index contributed by atoms with van der Waals surface area (Å²) in [4.78, 5) is 25.4. The molecule has 0 bridgehead atoms. The minimum Gasteiger partial charge on any atom is -0.481 e. The summed E-state index contributed by atoms with van der Waals surface area (Å²) >= 11 is 0. The zero-order valence-electron chi connectivity index (χ0n) is 12.7. The van der Waals surface area contributed by atoms with E-state index in [0.29, 0.717) is 18.9 Å². The normalized spacial score (nSPS) is 34.5. The maximum Gasteiger partial charge on any atom is 0.306 e. The second-order valence-corrected chi connectivity index (χ2v) is 6.75. The molecule has 0 aliphatic heterocycles. The molecule has 2 aliphatic carbocycles. The Morgan fingerprint density at radius 2 is 1.40 bits per heavy atom. The highest BCUT2D eigenvalue weighted by molar-refractivity contribution is 5.79. The lowest BCUT2D eigenvalue weighted by Gasteiger charge is -2.36. The monoisotopic (exact) mass is 281 g/mol. The fourth-order valence-corrected chi connectivity index (χ4v) is 3.69. The second kappa shape index (κ2) is 6.59. The van der Waals surface area contributed by atoms with Crippen molar-refractivity contribution in [3.63, 3.8) is 0 Å². The van der Waals surface area contributed by atoms with E-state index in [-0.39, 0.29) is 17.7 Å². The van der Waals surface area contributed by atoms with Crippen molar-refractivity contribution in [3.8, 4) is 0 Å². The number of carbonyl (C=O) groups excluding carboxylic acids is 1. The predicted molar refractivity (Wildman–Crippen MR) is 77.3 cm³/mol. The summed E-state index contributed by atoms with van der Waals surface area (Å²) in [6.07, 6.45) is 7.46. The molecule has 0 radical (unpaired) electrons. The quantitative estimate of drug-likeness (QED) is 0.865. The summed E-state index contributed by atoms with van der Waals surface area (Å²) in [7, 11) is 1.94. The number of rotatable bonds is 3. The largest absolute Gasteiger partial charge is 0.481 e. The van der Waals surface area contributed by atoms with E-state index in [1.54, 1.807) is 0 Å². The molecule has 2 saturated carbocycles. The van der Waals surface area contributed by atoms with Crippen LogP contribution in [0.4, 0.5) is 0 Å². The van der Waals surface area contributed by atoms with Crippen molar-refractivity contribution < 1.29 is 14.7 Å². The molecular weight excluding hydrogens is 254 g/mol. The van der Waals surface area contributed by atoms with Crippen LogP contribution in [0.3, 0.4) is 0 Å². The zero-order valence-corrected chi connectivity index (χ0v) is 12.7. The molecule has 0 spiro atoms. The van der Waals surface area contributed by atoms with Crippen molar-refractivity contribution in [1.29, 1.82) is 0 Å². The molecule has 1 N–H and O–H groups in total. The van der Waals surface area contributed by atoms with Gasteiger partial charge >= 0.3 is 5.97 Å². The molecule has 0 aromatic carbocycles. The lowest BCUT2D eigenvalue weighted by atomic mass is 9.80. The molecule has 2 rings (SSSR count). The van der Waals surface area contributed by atoms with Crippen LogP contribution in [-0.4, -0.2) is 35.0 Å². The minimum atomic E-state index is -0.703. The van der Waals surface area contributed by atoms with Gasteiger partial charge in [-0.1, -0.05) is 6.92 Å². The van der Waals surface area contributed by atoms with Gasteiger partial charge in [0.15, 0.2) is 0 Å². The molecule has 20 heavy (non-hydrogen) atoms. The van der Waals surface area contributed by atoms with Crippen LogP contribution in [0.5, 0.6) is 0 Å². The number of hydrogen-bond acceptors (Lipinski definition) is 2. The van der Waals surface area contributed by atoms with Gasteiger partial charge in [0, 0.05) is 19.0 Å². The van der Waals surface area contributed by atoms with Gasteiger partial charge in [-0.25, -0.2) is 0 Å². The first kappa shape index (κ1) is 15.3. The molecule has 0 saturated heterocycles. The van der Waals surface area contributed by atoms with E-state index in [1.807, 2.05) is 11.9 Å². The van der Waals surface area contributed by atoms with E-state index in [0.717, 1.165) is 31.6 Å². The number of nitrogens with zero attached hydrogens (tertiary/aromatic N) is 1. The van der Waals surface area contributed by atoms with E-state index >= 15 is 0 Å². The van der Waals surface area contributed by atoms with E-state index in [9.17, 15) is 9.59 Å². The third kappa shape index (κ3) is 3.53. The Hall–Kier alpha value is -1.06. The standard InChI is InChI=1S/C16H27NO3/c1-11-3-9-14(10-4-11)17(2)15(18)12-5-7-13(8-6-12)16(19)20/h11-14H,3-10H2,1-2H3,(H,19,20). The first-order valence-electron chi connectivity index (χ1n) is 7.98. The van der Waals surface area contributed by atoms with Crippen molar-refractivity contribution in [2.45, 2.75) is 64.3 Å². The number of carbonyl (C=O) groups is 2. The third-order valence-electron chi connectivity index (χ3n) is 5.31. The highest BCUT2D eigenvalue weighted by Gasteiger charge is 2.33. The van der Waals surface area contributed by atoms with Gasteiger partial charge in [-0.05, 0) is 57.3 Å². The fourth-order valence-electron chi connectivity index (χ4n) is 3.69. The number of carboxylic acids is 1. The first-order chi connectivity index (χ1) is 9.49. The maximum absolute atomic E-state index is 12.5. The summed E-state index contributed by atoms with van der Waals surface area (Å²) in [5, 5.41) is 9.01. The van der Waals surface area contributed by atoms with Crippen molar-refractivity contribution in [2.75, 3.05) is 7.05 Å². The van der Waals surface area contributed by atoms with E-state index < -0.39 is 5.97 Å². The van der Waals surface area contributed by atoms with E-state index in [2.05, 4.69) is 6.92 Å². The Labute approximate surface area is 121 Å². The van der Waals surface area contributed by atoms with Crippen LogP contribution < -0.4 is 0 Å². The lowest BCUT2D eigenvalue weighted by molar-refractivity contribution is -0.146. The van der Waals surface area contributed by atoms with Crippen LogP contribution in [0.1, 0.15) is 58.3 Å². The molecule has 0 aromatic heterocycles. The second-order valence-electron chi connectivity index (χ2n) is 6.75. The summed E-state index contributed by atoms with van der Waals surface area (Å²) < 4.78 is 0. The molecule has 2 fully saturated rings. The van der Waals surface area contributed by atoms with Gasteiger partial charge in [0.1, 0.15) is 0 Å². The number of hydrogen-bond donors (Lipinski definition) is 1. The molecule has 0 unspecified atom stereocenters. The molecule has 1 amide bonds. The molecule has 4 heteroatoms. The molecule has 0 aromatic rings. The van der Waals surface area contributed by atoms with Gasteiger partial charge < -0.3 is 10.0 Å². The van der Waals surface area contributed by atoms with Crippen LogP contribution in [0.15, 0.2) is 0 Å². The van der Waals surface area contributed by atoms with E-state index in [4.69, 9.17) is 5.11 Å². The summed E-state index contributed by atoms with van der Waals surface area (Å²) in [5.41, 5.74) is 0. The Bertz CT molecular complexity index is 353. The topological polar surface area (TPSA) is 57.6 Å². The van der Waals surface area contributed by atoms with E-state index in [1.165, 1.54) is 12.8 Å². The molecule has 4 nitrogen and oxygen atoms in total. The SMILES string of the molecule is CC1CCC(N(C)C(=O)C2CCC(C(=O)O)CC2)CC1. The highest BCUT2D eigenvalue weighted by atomic mass is 16.4. The van der Waals surface area contributed by atoms with Crippen molar-refractivity contribution in [1.82, 2.24) is 4.90 Å². The van der Waals surface area contributed by atoms with Crippen molar-refractivity contribution >= 4 is 11.9 Å². The van der Waals surface area contributed by atoms with Gasteiger partial charge in [0.2, 0.25) is 5.91 Å². The fraction of sp³-hybridized carbons (Fsp3) is 0.875. The van der Waals surface area contributed by atoms with Crippen molar-refractivity contribution in [2.24, 2.45) is 17.8 Å². The van der Waals surface area contributed by atoms with Gasteiger partial charge in [0.05, 0.1) is 5.92 Å². The van der Waals surface area contributed by atoms with Gasteiger partial charge in [0.25, 0.3) is 0 Å². The van der Waals surface area contributed by atoms with Gasteiger partial charge in [-0.2, -0.15) is 0 Å². The highest BCUT2D eigenvalue weighted by Crippen LogP contribution is 2.32. The van der Waals surface area contributed by atoms with Crippen LogP contribution in [-0.2, 0) is 9.59 Å². The van der Waals surface area contributed by atoms with Crippen LogP contribution in [0, 0.1) is 17.8 Å². The van der Waals surface area contributed by atoms with Crippen molar-refractivity contribution in [3.05, 3.63) is 0 Å². The Morgan fingerprint density at radius 1 is 0.900 bits per heavy atom. The molecule has 0 heterocycles. The Morgan fingerprint density at radius 3 is 1.90 bits per heavy atom. The first-order valence-corrected chi connectivity index (χ1v) is 7.98. The summed E-state index contributed by atoms with van der Waals surface area (Å²) in [5.74, 6) is 0.148. The Balaban J connectivity index is 1.84. The summed E-state index contributed by atoms with van der Waals surface area (Å²) in [6.45, 7) is 2.28. The van der Waals surface area contributed by atoms with Crippen LogP contribution >= 0.6 is 0 Å². The number of carboxylic acid groups (broad SMARTS) is 1. The lowest BCUT2D eigenvalue weighted by Crippen LogP contribution is -2.43. The Kier molecular flexibility index (Phi) is 5.06. The predicted octanol–water partition coefficient (Wildman–Crippen LogP) is 2.91. The molecule has 0 atom stereocenters. The average molecular weight is 281 g/mol. The minimum absolute atomic E-state index is 0.0509. The molecular formula is C16H27NO3. The average Bonchev–Trinajstić information content (AvgIpc) is 2.46. The number of aliphatic carboxylic acids is 1. The number of amides is 1. The zero-order chi connectivity index (χ0) is 14.7. The maximum atomic E-state index is 12.5. The van der Waals surface area contributed by atoms with Gasteiger partial charge in [-0.3, -0.25) is 9.59 Å². The smallest absolute Gasteiger partial charge is 0.306 e. The van der Waals surface area contributed by atoms with Crippen LogP contribution in [0.2, 0.25) is 0 Å². The third-order valence-corrected chi connectivity index (χ3v) is 5.31.